The highest BCUT2D eigenvalue weighted by Gasteiger charge is 2.41. The first-order chi connectivity index (χ1) is 28.6. The quantitative estimate of drug-likeness (QED) is 0.187. The number of piperazine rings is 1. The monoisotopic (exact) mass is 848 g/mol. The van der Waals surface area contributed by atoms with E-state index in [1.54, 1.807) is 55.7 Å². The van der Waals surface area contributed by atoms with Crippen LogP contribution in [0.5, 0.6) is 0 Å². The number of hydrogen-bond acceptors (Lipinski definition) is 10. The van der Waals surface area contributed by atoms with Gasteiger partial charge in [-0.25, -0.2) is 29.3 Å². The van der Waals surface area contributed by atoms with Crippen molar-refractivity contribution in [2.75, 3.05) is 48.8 Å². The highest BCUT2D eigenvalue weighted by molar-refractivity contribution is 5.99. The summed E-state index contributed by atoms with van der Waals surface area (Å²) in [5, 5.41) is 10.3. The van der Waals surface area contributed by atoms with E-state index in [4.69, 9.17) is 14.5 Å². The minimum Gasteiger partial charge on any atom is -0.444 e. The molecule has 2 bridgehead atoms. The maximum absolute atomic E-state index is 14.3. The Morgan fingerprint density at radius 3 is 2.16 bits per heavy atom. The van der Waals surface area contributed by atoms with Crippen molar-refractivity contribution >= 4 is 46.6 Å². The summed E-state index contributed by atoms with van der Waals surface area (Å²) in [7, 11) is 3.75. The second-order valence-corrected chi connectivity index (χ2v) is 18.3. The minimum atomic E-state index is -4.60. The molecule has 3 aliphatic rings. The Balaban J connectivity index is 1.04. The van der Waals surface area contributed by atoms with E-state index in [-0.39, 0.29) is 47.7 Å². The van der Waals surface area contributed by atoms with Gasteiger partial charge in [-0.1, -0.05) is 12.1 Å². The number of rotatable bonds is 7. The van der Waals surface area contributed by atoms with Gasteiger partial charge < -0.3 is 24.6 Å². The SMILES string of the molecule is CN1CC2CCC(C1)N2Cc1ccc(NC(=O)Nc2cc(-c3ccc4nc(N(C(=O)OC(C)(C)C)C5CCN(C(=O)OC(C)(C)C)CC5)ncc4c3)n(C)n2)cc1C(F)(F)F. The topological polar surface area (TPSA) is 150 Å². The number of carbonyl (C=O) groups excluding carboxylic acids is 3. The molecule has 2 N–H and O–H groups in total. The molecule has 18 heteroatoms. The number of alkyl halides is 3. The fourth-order valence-electron chi connectivity index (χ4n) is 8.43. The molecule has 4 aromatic rings. The predicted octanol–water partition coefficient (Wildman–Crippen LogP) is 8.11. The van der Waals surface area contributed by atoms with Crippen LogP contribution in [-0.4, -0.2) is 115 Å². The summed E-state index contributed by atoms with van der Waals surface area (Å²) in [6.45, 7) is 13.4. The van der Waals surface area contributed by atoms with Crippen LogP contribution in [0.2, 0.25) is 0 Å². The largest absolute Gasteiger partial charge is 0.444 e. The maximum Gasteiger partial charge on any atom is 0.417 e. The molecule has 2 atom stereocenters. The fraction of sp³-hybridized carbons (Fsp3) is 0.535. The number of urea groups is 1. The minimum absolute atomic E-state index is 0.0106. The van der Waals surface area contributed by atoms with Gasteiger partial charge in [0.25, 0.3) is 0 Å². The lowest BCUT2D eigenvalue weighted by atomic mass is 10.0. The van der Waals surface area contributed by atoms with Crippen molar-refractivity contribution in [3.05, 3.63) is 59.8 Å². The first kappa shape index (κ1) is 43.6. The molecule has 0 spiro atoms. The van der Waals surface area contributed by atoms with Crippen LogP contribution in [0, 0.1) is 0 Å². The third kappa shape index (κ3) is 10.3. The van der Waals surface area contributed by atoms with E-state index in [0.717, 1.165) is 37.6 Å². The molecule has 61 heavy (non-hydrogen) atoms. The molecule has 2 unspecified atom stereocenters. The van der Waals surface area contributed by atoms with Gasteiger partial charge >= 0.3 is 24.4 Å². The van der Waals surface area contributed by atoms with E-state index in [1.165, 1.54) is 17.0 Å². The predicted molar refractivity (Wildman–Crippen MR) is 225 cm³/mol. The number of nitrogens with zero attached hydrogens (tertiary/aromatic N) is 8. The van der Waals surface area contributed by atoms with Gasteiger partial charge in [0.2, 0.25) is 5.95 Å². The third-order valence-electron chi connectivity index (χ3n) is 11.1. The molecule has 2 aromatic carbocycles. The number of aryl methyl sites for hydroxylation is 1. The van der Waals surface area contributed by atoms with Crippen molar-refractivity contribution in [1.82, 2.24) is 34.4 Å². The molecule has 3 fully saturated rings. The van der Waals surface area contributed by atoms with E-state index in [0.29, 0.717) is 42.5 Å². The number of aromatic nitrogens is 4. The van der Waals surface area contributed by atoms with Crippen molar-refractivity contribution < 1.29 is 37.0 Å². The lowest BCUT2D eigenvalue weighted by molar-refractivity contribution is -0.138. The summed E-state index contributed by atoms with van der Waals surface area (Å²) < 4.78 is 55.9. The molecule has 3 aliphatic heterocycles. The molecular formula is C43H55F3N10O5. The second-order valence-electron chi connectivity index (χ2n) is 18.3. The number of amides is 4. The van der Waals surface area contributed by atoms with E-state index in [9.17, 15) is 27.6 Å². The summed E-state index contributed by atoms with van der Waals surface area (Å²) in [6, 6.07) is 10.4. The number of ether oxygens (including phenoxy) is 2. The number of carbonyl (C=O) groups is 3. The van der Waals surface area contributed by atoms with Crippen LogP contribution in [-0.2, 0) is 29.2 Å². The summed E-state index contributed by atoms with van der Waals surface area (Å²) in [4.78, 5) is 56.3. The molecule has 4 amide bonds. The molecule has 0 aliphatic carbocycles. The van der Waals surface area contributed by atoms with Gasteiger partial charge in [-0.15, -0.1) is 0 Å². The van der Waals surface area contributed by atoms with E-state index < -0.39 is 41.2 Å². The zero-order chi connectivity index (χ0) is 44.0. The summed E-state index contributed by atoms with van der Waals surface area (Å²) in [5.41, 5.74) is -0.0541. The average molecular weight is 849 g/mol. The normalized spacial score (nSPS) is 19.2. The molecule has 5 heterocycles. The lowest BCUT2D eigenvalue weighted by Crippen LogP contribution is -2.51. The van der Waals surface area contributed by atoms with Crippen molar-refractivity contribution in [1.29, 1.82) is 0 Å². The molecule has 0 saturated carbocycles. The summed E-state index contributed by atoms with van der Waals surface area (Å²) in [5.74, 6) is 0.354. The molecule has 15 nitrogen and oxygen atoms in total. The van der Waals surface area contributed by atoms with Crippen LogP contribution in [0.25, 0.3) is 22.2 Å². The van der Waals surface area contributed by atoms with Gasteiger partial charge in [-0.05, 0) is 104 Å². The molecule has 328 valence electrons. The zero-order valence-corrected chi connectivity index (χ0v) is 36.0. The van der Waals surface area contributed by atoms with Crippen LogP contribution in [0.4, 0.5) is 45.0 Å². The van der Waals surface area contributed by atoms with E-state index in [1.807, 2.05) is 40.0 Å². The van der Waals surface area contributed by atoms with Crippen molar-refractivity contribution in [2.45, 2.75) is 109 Å². The summed E-state index contributed by atoms with van der Waals surface area (Å²) in [6.07, 6.45) is -1.11. The van der Waals surface area contributed by atoms with Crippen molar-refractivity contribution in [2.24, 2.45) is 7.05 Å². The smallest absolute Gasteiger partial charge is 0.417 e. The first-order valence-electron chi connectivity index (χ1n) is 20.6. The van der Waals surface area contributed by atoms with Gasteiger partial charge in [0.05, 0.1) is 16.8 Å². The van der Waals surface area contributed by atoms with Gasteiger partial charge in [0.1, 0.15) is 11.2 Å². The Morgan fingerprint density at radius 1 is 0.852 bits per heavy atom. The van der Waals surface area contributed by atoms with Crippen molar-refractivity contribution in [3.8, 4) is 11.3 Å². The first-order valence-corrected chi connectivity index (χ1v) is 20.6. The van der Waals surface area contributed by atoms with Crippen LogP contribution in [0.1, 0.15) is 78.4 Å². The Labute approximate surface area is 353 Å². The van der Waals surface area contributed by atoms with Gasteiger partial charge in [-0.3, -0.25) is 14.9 Å². The molecule has 0 radical (unpaired) electrons. The van der Waals surface area contributed by atoms with Crippen LogP contribution in [0.15, 0.2) is 48.7 Å². The van der Waals surface area contributed by atoms with Gasteiger partial charge in [0, 0.05) is 86.8 Å². The molecule has 2 aromatic heterocycles. The average Bonchev–Trinajstić information content (AvgIpc) is 3.63. The Hall–Kier alpha value is -5.49. The number of fused-ring (bicyclic) bond motifs is 3. The van der Waals surface area contributed by atoms with E-state index in [2.05, 4.69) is 30.5 Å². The number of halogens is 3. The van der Waals surface area contributed by atoms with Crippen LogP contribution >= 0.6 is 0 Å². The molecule has 3 saturated heterocycles. The zero-order valence-electron chi connectivity index (χ0n) is 36.0. The number of piperidine rings is 1. The number of benzene rings is 2. The Morgan fingerprint density at radius 2 is 1.52 bits per heavy atom. The van der Waals surface area contributed by atoms with Crippen LogP contribution in [0.3, 0.4) is 0 Å². The molecular weight excluding hydrogens is 794 g/mol. The number of likely N-dealkylation sites (tertiary alicyclic amines) is 2. The number of anilines is 3. The summed E-state index contributed by atoms with van der Waals surface area (Å²) >= 11 is 0. The number of likely N-dealkylation sites (N-methyl/N-ethyl adjacent to an activating group) is 1. The van der Waals surface area contributed by atoms with Gasteiger partial charge in [-0.2, -0.15) is 18.3 Å². The van der Waals surface area contributed by atoms with Crippen molar-refractivity contribution in [3.63, 3.8) is 0 Å². The Kier molecular flexibility index (Phi) is 12.0. The lowest BCUT2D eigenvalue weighted by Gasteiger charge is -2.39. The second kappa shape index (κ2) is 16.8. The Bertz CT molecular complexity index is 2260. The highest BCUT2D eigenvalue weighted by Crippen LogP contribution is 2.38. The number of hydrogen-bond donors (Lipinski definition) is 2. The van der Waals surface area contributed by atoms with Crippen LogP contribution < -0.4 is 15.5 Å². The highest BCUT2D eigenvalue weighted by atomic mass is 19.4. The number of nitrogens with one attached hydrogen (secondary N) is 2. The van der Waals surface area contributed by atoms with E-state index >= 15 is 0 Å². The standard InChI is InChI=1S/C43H55F3N10O5/c1-41(2,3)60-39(58)54-17-15-30(16-18-54)56(40(59)61-42(4,5)6)37-47-22-28-19-26(10-14-34(28)49-37)35-21-36(51-53(35)8)50-38(57)48-29-11-9-27(33(20-29)43(44,45)46)23-55-31-12-13-32(55)25-52(7)24-31/h9-11,14,19-22,30-32H,12-13,15-18,23-25H2,1-8H3,(H2,48,50,51,57). The fourth-order valence-corrected chi connectivity index (χ4v) is 8.43. The molecule has 7 rings (SSSR count). The third-order valence-corrected chi connectivity index (χ3v) is 11.1. The van der Waals surface area contributed by atoms with Gasteiger partial charge in [0.15, 0.2) is 5.82 Å². The maximum atomic E-state index is 14.3.